The molecule has 4 atom stereocenters. The third-order valence-corrected chi connectivity index (χ3v) is 9.63. The number of hydrogen-bond acceptors (Lipinski definition) is 0. The third-order valence-electron chi connectivity index (χ3n) is 2.52. The van der Waals surface area contributed by atoms with Crippen LogP contribution in [0.3, 0.4) is 0 Å². The molecule has 0 nitrogen and oxygen atoms in total. The van der Waals surface area contributed by atoms with Crippen LogP contribution in [0.4, 0.5) is 0 Å². The van der Waals surface area contributed by atoms with Gasteiger partial charge in [0, 0.05) is 14.1 Å². The van der Waals surface area contributed by atoms with Gasteiger partial charge in [0.15, 0.2) is 0 Å². The van der Waals surface area contributed by atoms with Crippen LogP contribution in [0.2, 0.25) is 0 Å². The molecular weight excluding hydrogens is 520 g/mol. The van der Waals surface area contributed by atoms with Crippen LogP contribution in [0.1, 0.15) is 20.8 Å². The van der Waals surface area contributed by atoms with Gasteiger partial charge in [0.2, 0.25) is 0 Å². The van der Waals surface area contributed by atoms with Crippen molar-refractivity contribution in [3.63, 3.8) is 0 Å². The van der Waals surface area contributed by atoms with Crippen molar-refractivity contribution in [2.45, 2.75) is 19.3 Å². The summed E-state index contributed by atoms with van der Waals surface area (Å²) in [5.74, 6) is 0. The Kier molecular flexibility index (Phi) is 4.43. The molecule has 0 saturated carbocycles. The van der Waals surface area contributed by atoms with Gasteiger partial charge in [-0.05, 0) is 17.2 Å². The van der Waals surface area contributed by atoms with Crippen molar-refractivity contribution in [1.29, 1.82) is 0 Å². The maximum absolute atomic E-state index is 3.74. The minimum atomic E-state index is 0.321. The Bertz CT molecular complexity index is 378. The standard InChI is InChI=1S/C10H7Br5/c11-5-3-1-2-4-6(5)8(13)10(15)9(14)7(4)12/h1-3,7-10H/t7-,8-,9+,10+/m0/s1. The average molecular weight is 527 g/mol. The van der Waals surface area contributed by atoms with Gasteiger partial charge in [0.25, 0.3) is 0 Å². The van der Waals surface area contributed by atoms with E-state index in [1.807, 2.05) is 0 Å². The molecule has 5 heteroatoms. The Hall–Kier alpha value is 1.62. The van der Waals surface area contributed by atoms with E-state index in [1.54, 1.807) is 0 Å². The van der Waals surface area contributed by atoms with Crippen LogP contribution in [-0.2, 0) is 0 Å². The molecule has 2 rings (SSSR count). The number of halogens is 5. The molecule has 1 aromatic carbocycles. The fraction of sp³-hybridized carbons (Fsp3) is 0.400. The van der Waals surface area contributed by atoms with Crippen molar-refractivity contribution < 1.29 is 0 Å². The van der Waals surface area contributed by atoms with E-state index < -0.39 is 0 Å². The van der Waals surface area contributed by atoms with Crippen molar-refractivity contribution in [2.24, 2.45) is 0 Å². The molecule has 0 fully saturated rings. The van der Waals surface area contributed by atoms with E-state index in [2.05, 4.69) is 97.8 Å². The highest BCUT2D eigenvalue weighted by molar-refractivity contribution is 9.14. The number of fused-ring (bicyclic) bond motifs is 1. The molecule has 0 unspecified atom stereocenters. The number of hydrogen-bond donors (Lipinski definition) is 0. The van der Waals surface area contributed by atoms with Crippen molar-refractivity contribution in [3.05, 3.63) is 33.8 Å². The molecule has 0 amide bonds. The van der Waals surface area contributed by atoms with Crippen molar-refractivity contribution in [1.82, 2.24) is 0 Å². The predicted molar refractivity (Wildman–Crippen MR) is 82.9 cm³/mol. The van der Waals surface area contributed by atoms with Gasteiger partial charge >= 0.3 is 0 Å². The fourth-order valence-electron chi connectivity index (χ4n) is 1.74. The number of benzene rings is 1. The van der Waals surface area contributed by atoms with E-state index in [4.69, 9.17) is 0 Å². The zero-order chi connectivity index (χ0) is 11.2. The highest BCUT2D eigenvalue weighted by Gasteiger charge is 2.38. The zero-order valence-corrected chi connectivity index (χ0v) is 15.4. The first kappa shape index (κ1) is 13.1. The maximum Gasteiger partial charge on any atom is 0.0546 e. The summed E-state index contributed by atoms with van der Waals surface area (Å²) >= 11 is 18.5. The topological polar surface area (TPSA) is 0 Å². The molecule has 82 valence electrons. The summed E-state index contributed by atoms with van der Waals surface area (Å²) in [7, 11) is 0. The summed E-state index contributed by atoms with van der Waals surface area (Å²) in [6, 6.07) is 6.33. The molecule has 15 heavy (non-hydrogen) atoms. The molecule has 1 aromatic rings. The monoisotopic (exact) mass is 522 g/mol. The molecule has 0 N–H and O–H groups in total. The van der Waals surface area contributed by atoms with Gasteiger partial charge in [-0.15, -0.1) is 0 Å². The van der Waals surface area contributed by atoms with Crippen LogP contribution in [0.5, 0.6) is 0 Å². The quantitative estimate of drug-likeness (QED) is 0.372. The SMILES string of the molecule is Brc1cccc2c1[C@H](Br)[C@@H](Br)[C@H](Br)[C@H]2Br. The normalized spacial score (nSPS) is 35.0. The lowest BCUT2D eigenvalue weighted by Gasteiger charge is -2.35. The Labute approximate surface area is 131 Å². The van der Waals surface area contributed by atoms with Crippen LogP contribution >= 0.6 is 79.6 Å². The van der Waals surface area contributed by atoms with Gasteiger partial charge in [0.05, 0.1) is 9.65 Å². The van der Waals surface area contributed by atoms with E-state index >= 15 is 0 Å². The van der Waals surface area contributed by atoms with Gasteiger partial charge in [-0.1, -0.05) is 91.8 Å². The molecule has 0 spiro atoms. The van der Waals surface area contributed by atoms with E-state index in [0.717, 1.165) is 4.47 Å². The minimum absolute atomic E-state index is 0.321. The second-order valence-electron chi connectivity index (χ2n) is 3.44. The first-order valence-corrected chi connectivity index (χ1v) is 8.84. The summed E-state index contributed by atoms with van der Waals surface area (Å²) in [5.41, 5.74) is 2.67. The van der Waals surface area contributed by atoms with E-state index in [0.29, 0.717) is 19.3 Å². The Morgan fingerprint density at radius 3 is 2.13 bits per heavy atom. The Morgan fingerprint density at radius 1 is 0.867 bits per heavy atom. The number of rotatable bonds is 0. The second kappa shape index (κ2) is 5.09. The summed E-state index contributed by atoms with van der Waals surface area (Å²) < 4.78 is 1.16. The summed E-state index contributed by atoms with van der Waals surface area (Å²) in [5, 5.41) is 0. The molecule has 0 aliphatic heterocycles. The van der Waals surface area contributed by atoms with Gasteiger partial charge in [0.1, 0.15) is 0 Å². The smallest absolute Gasteiger partial charge is 0.0546 e. The zero-order valence-electron chi connectivity index (χ0n) is 7.43. The molecule has 0 aromatic heterocycles. The third kappa shape index (κ3) is 2.28. The molecule has 0 bridgehead atoms. The molecule has 1 aliphatic carbocycles. The van der Waals surface area contributed by atoms with E-state index in [1.165, 1.54) is 11.1 Å². The molecule has 0 radical (unpaired) electrons. The van der Waals surface area contributed by atoms with Crippen LogP contribution in [-0.4, -0.2) is 9.65 Å². The van der Waals surface area contributed by atoms with Crippen LogP contribution in [0.25, 0.3) is 0 Å². The Balaban J connectivity index is 2.59. The van der Waals surface area contributed by atoms with Gasteiger partial charge in [-0.3, -0.25) is 0 Å². The largest absolute Gasteiger partial charge is 0.0862 e. The maximum atomic E-state index is 3.74. The molecule has 1 aliphatic rings. The molecular formula is C10H7Br5. The first-order valence-electron chi connectivity index (χ1n) is 4.38. The summed E-state index contributed by atoms with van der Waals surface area (Å²) in [6.07, 6.45) is 0. The highest BCUT2D eigenvalue weighted by Crippen LogP contribution is 2.52. The lowest BCUT2D eigenvalue weighted by atomic mass is 9.91. The van der Waals surface area contributed by atoms with Gasteiger partial charge in [-0.2, -0.15) is 0 Å². The number of alkyl halides is 4. The average Bonchev–Trinajstić information content (AvgIpc) is 2.23. The van der Waals surface area contributed by atoms with Gasteiger partial charge in [-0.25, -0.2) is 0 Å². The van der Waals surface area contributed by atoms with Crippen LogP contribution in [0.15, 0.2) is 22.7 Å². The van der Waals surface area contributed by atoms with Crippen molar-refractivity contribution >= 4 is 79.6 Å². The van der Waals surface area contributed by atoms with Gasteiger partial charge < -0.3 is 0 Å². The Morgan fingerprint density at radius 2 is 1.47 bits per heavy atom. The van der Waals surface area contributed by atoms with E-state index in [9.17, 15) is 0 Å². The lowest BCUT2D eigenvalue weighted by molar-refractivity contribution is 0.725. The fourth-order valence-corrected chi connectivity index (χ4v) is 6.22. The minimum Gasteiger partial charge on any atom is -0.0862 e. The van der Waals surface area contributed by atoms with Crippen molar-refractivity contribution in [2.75, 3.05) is 0 Å². The highest BCUT2D eigenvalue weighted by atomic mass is 79.9. The van der Waals surface area contributed by atoms with E-state index in [-0.39, 0.29) is 0 Å². The predicted octanol–water partition coefficient (Wildman–Crippen LogP) is 5.86. The molecule has 0 heterocycles. The summed E-state index contributed by atoms with van der Waals surface area (Å²) in [4.78, 5) is 1.40. The lowest BCUT2D eigenvalue weighted by Crippen LogP contribution is -2.29. The first-order chi connectivity index (χ1) is 7.04. The second-order valence-corrected chi connectivity index (χ2v) is 8.38. The van der Waals surface area contributed by atoms with Crippen LogP contribution < -0.4 is 0 Å². The molecule has 0 saturated heterocycles. The summed E-state index contributed by atoms with van der Waals surface area (Å²) in [6.45, 7) is 0. The van der Waals surface area contributed by atoms with Crippen LogP contribution in [0, 0.1) is 0 Å². The van der Waals surface area contributed by atoms with Crippen molar-refractivity contribution in [3.8, 4) is 0 Å².